The molecule has 0 amide bonds. The van der Waals surface area contributed by atoms with E-state index in [1.165, 1.54) is 17.7 Å². The standard InChI is InChI=1S/C30H25F3N4O/c31-30(32,33)24-8-6-21(7-9-24)29-35-16-23-18-37(13-12-27(23)36-29)17-22-15-34-28-11-10-25(14-26(22)28)38-19-20-4-2-1-3-5-20/h1-11,14-16,34H,12-13,17-19H2. The van der Waals surface area contributed by atoms with Crippen molar-refractivity contribution < 1.29 is 17.9 Å². The number of nitrogens with one attached hydrogen (secondary N) is 1. The molecule has 0 unspecified atom stereocenters. The molecule has 0 atom stereocenters. The molecule has 0 radical (unpaired) electrons. The smallest absolute Gasteiger partial charge is 0.416 e. The van der Waals surface area contributed by atoms with Gasteiger partial charge in [0, 0.05) is 60.5 Å². The van der Waals surface area contributed by atoms with Gasteiger partial charge >= 0.3 is 6.18 Å². The molecule has 1 N–H and O–H groups in total. The average Bonchev–Trinajstić information content (AvgIpc) is 3.33. The van der Waals surface area contributed by atoms with Crippen LogP contribution in [0, 0.1) is 0 Å². The maximum Gasteiger partial charge on any atom is 0.416 e. The summed E-state index contributed by atoms with van der Waals surface area (Å²) < 4.78 is 44.7. The van der Waals surface area contributed by atoms with Crippen LogP contribution >= 0.6 is 0 Å². The highest BCUT2D eigenvalue weighted by atomic mass is 19.4. The fourth-order valence-corrected chi connectivity index (χ4v) is 4.82. The van der Waals surface area contributed by atoms with Crippen molar-refractivity contribution in [2.75, 3.05) is 6.54 Å². The van der Waals surface area contributed by atoms with Crippen LogP contribution < -0.4 is 4.74 Å². The van der Waals surface area contributed by atoms with Crippen molar-refractivity contribution in [3.05, 3.63) is 113 Å². The summed E-state index contributed by atoms with van der Waals surface area (Å²) in [4.78, 5) is 14.8. The Balaban J connectivity index is 1.14. The van der Waals surface area contributed by atoms with Crippen LogP contribution in [0.1, 0.15) is 27.9 Å². The van der Waals surface area contributed by atoms with Crippen molar-refractivity contribution >= 4 is 10.9 Å². The second-order valence-electron chi connectivity index (χ2n) is 9.50. The van der Waals surface area contributed by atoms with Gasteiger partial charge in [0.1, 0.15) is 12.4 Å². The lowest BCUT2D eigenvalue weighted by molar-refractivity contribution is -0.137. The Hall–Kier alpha value is -4.17. The number of halogens is 3. The number of aromatic nitrogens is 3. The summed E-state index contributed by atoms with van der Waals surface area (Å²) in [5.74, 6) is 1.28. The third-order valence-corrected chi connectivity index (χ3v) is 6.86. The molecule has 38 heavy (non-hydrogen) atoms. The van der Waals surface area contributed by atoms with Gasteiger partial charge in [-0.2, -0.15) is 13.2 Å². The third-order valence-electron chi connectivity index (χ3n) is 6.86. The number of ether oxygens (including phenoxy) is 1. The molecular formula is C30H25F3N4O. The Morgan fingerprint density at radius 2 is 1.79 bits per heavy atom. The zero-order valence-electron chi connectivity index (χ0n) is 20.5. The second-order valence-corrected chi connectivity index (χ2v) is 9.50. The van der Waals surface area contributed by atoms with E-state index < -0.39 is 11.7 Å². The van der Waals surface area contributed by atoms with E-state index in [9.17, 15) is 13.2 Å². The Morgan fingerprint density at radius 1 is 0.974 bits per heavy atom. The van der Waals surface area contributed by atoms with Crippen LogP contribution in [0.15, 0.2) is 85.2 Å². The predicted molar refractivity (Wildman–Crippen MR) is 139 cm³/mol. The quantitative estimate of drug-likeness (QED) is 0.271. The van der Waals surface area contributed by atoms with Crippen molar-refractivity contribution in [2.45, 2.75) is 32.3 Å². The maximum atomic E-state index is 12.9. The van der Waals surface area contributed by atoms with Gasteiger partial charge in [-0.3, -0.25) is 4.90 Å². The molecule has 0 fully saturated rings. The van der Waals surface area contributed by atoms with Crippen molar-refractivity contribution in [1.29, 1.82) is 0 Å². The Bertz CT molecular complexity index is 1560. The van der Waals surface area contributed by atoms with E-state index in [4.69, 9.17) is 4.74 Å². The van der Waals surface area contributed by atoms with Crippen molar-refractivity contribution in [1.82, 2.24) is 19.9 Å². The number of aromatic amines is 1. The van der Waals surface area contributed by atoms with E-state index in [1.807, 2.05) is 48.7 Å². The molecular weight excluding hydrogens is 489 g/mol. The van der Waals surface area contributed by atoms with Gasteiger partial charge in [0.2, 0.25) is 0 Å². The van der Waals surface area contributed by atoms with Gasteiger partial charge in [0.15, 0.2) is 5.82 Å². The van der Waals surface area contributed by atoms with Crippen molar-refractivity contribution in [3.8, 4) is 17.1 Å². The van der Waals surface area contributed by atoms with Crippen LogP contribution in [-0.4, -0.2) is 26.4 Å². The summed E-state index contributed by atoms with van der Waals surface area (Å²) in [5.41, 5.74) is 5.26. The van der Waals surface area contributed by atoms with E-state index >= 15 is 0 Å². The first-order chi connectivity index (χ1) is 18.4. The summed E-state index contributed by atoms with van der Waals surface area (Å²) in [7, 11) is 0. The highest BCUT2D eigenvalue weighted by Crippen LogP contribution is 2.31. The molecule has 5 nitrogen and oxygen atoms in total. The van der Waals surface area contributed by atoms with Gasteiger partial charge in [-0.1, -0.05) is 42.5 Å². The fraction of sp³-hybridized carbons (Fsp3) is 0.200. The van der Waals surface area contributed by atoms with E-state index in [1.54, 1.807) is 6.20 Å². The van der Waals surface area contributed by atoms with Crippen LogP contribution in [0.2, 0.25) is 0 Å². The SMILES string of the molecule is FC(F)(F)c1ccc(-c2ncc3c(n2)CCN(Cc2c[nH]c4ccc(OCc5ccccc5)cc24)C3)cc1. The van der Waals surface area contributed by atoms with E-state index in [2.05, 4.69) is 25.9 Å². The number of fused-ring (bicyclic) bond motifs is 2. The molecule has 0 bridgehead atoms. The topological polar surface area (TPSA) is 54.0 Å². The molecule has 1 aliphatic heterocycles. The molecule has 0 spiro atoms. The van der Waals surface area contributed by atoms with Gasteiger partial charge in [-0.15, -0.1) is 0 Å². The Labute approximate surface area is 217 Å². The molecule has 2 aromatic heterocycles. The number of H-pyrrole nitrogens is 1. The minimum absolute atomic E-state index is 0.450. The normalized spacial score (nSPS) is 14.0. The van der Waals surface area contributed by atoms with E-state index in [0.29, 0.717) is 24.5 Å². The summed E-state index contributed by atoms with van der Waals surface area (Å²) in [6.45, 7) is 2.82. The minimum atomic E-state index is -4.36. The largest absolute Gasteiger partial charge is 0.489 e. The maximum absolute atomic E-state index is 12.9. The first kappa shape index (κ1) is 24.2. The highest BCUT2D eigenvalue weighted by molar-refractivity contribution is 5.84. The lowest BCUT2D eigenvalue weighted by Gasteiger charge is -2.28. The molecule has 6 rings (SSSR count). The number of alkyl halides is 3. The first-order valence-corrected chi connectivity index (χ1v) is 12.4. The van der Waals surface area contributed by atoms with Crippen LogP contribution in [0.4, 0.5) is 13.2 Å². The molecule has 1 aliphatic rings. The second kappa shape index (κ2) is 9.95. The van der Waals surface area contributed by atoms with Gasteiger partial charge in [0.05, 0.1) is 11.3 Å². The van der Waals surface area contributed by atoms with Crippen LogP contribution in [0.3, 0.4) is 0 Å². The van der Waals surface area contributed by atoms with E-state index in [0.717, 1.165) is 65.1 Å². The average molecular weight is 515 g/mol. The predicted octanol–water partition coefficient (Wildman–Crippen LogP) is 6.78. The summed E-state index contributed by atoms with van der Waals surface area (Å²) in [5, 5.41) is 1.13. The molecule has 192 valence electrons. The number of benzene rings is 3. The van der Waals surface area contributed by atoms with Crippen LogP contribution in [0.25, 0.3) is 22.3 Å². The highest BCUT2D eigenvalue weighted by Gasteiger charge is 2.30. The fourth-order valence-electron chi connectivity index (χ4n) is 4.82. The molecule has 0 saturated carbocycles. The van der Waals surface area contributed by atoms with Crippen molar-refractivity contribution in [3.63, 3.8) is 0 Å². The zero-order valence-corrected chi connectivity index (χ0v) is 20.5. The summed E-state index contributed by atoms with van der Waals surface area (Å²) >= 11 is 0. The Morgan fingerprint density at radius 3 is 2.58 bits per heavy atom. The molecule has 5 aromatic rings. The monoisotopic (exact) mass is 514 g/mol. The van der Waals surface area contributed by atoms with Gasteiger partial charge in [0.25, 0.3) is 0 Å². The molecule has 0 saturated heterocycles. The van der Waals surface area contributed by atoms with Gasteiger partial charge in [-0.25, -0.2) is 9.97 Å². The van der Waals surface area contributed by atoms with E-state index in [-0.39, 0.29) is 0 Å². The number of hydrogen-bond donors (Lipinski definition) is 1. The third kappa shape index (κ3) is 5.13. The number of rotatable bonds is 6. The minimum Gasteiger partial charge on any atom is -0.489 e. The van der Waals surface area contributed by atoms with Gasteiger partial charge in [-0.05, 0) is 41.5 Å². The summed E-state index contributed by atoms with van der Waals surface area (Å²) in [6.07, 6.45) is 0.233. The number of hydrogen-bond acceptors (Lipinski definition) is 4. The number of nitrogens with zero attached hydrogens (tertiary/aromatic N) is 3. The molecule has 3 heterocycles. The van der Waals surface area contributed by atoms with Crippen molar-refractivity contribution in [2.24, 2.45) is 0 Å². The van der Waals surface area contributed by atoms with Crippen LogP contribution in [-0.2, 0) is 32.3 Å². The molecule has 8 heteroatoms. The molecule has 3 aromatic carbocycles. The first-order valence-electron chi connectivity index (χ1n) is 12.4. The van der Waals surface area contributed by atoms with Gasteiger partial charge < -0.3 is 9.72 Å². The lowest BCUT2D eigenvalue weighted by atomic mass is 10.0. The van der Waals surface area contributed by atoms with Crippen LogP contribution in [0.5, 0.6) is 5.75 Å². The summed E-state index contributed by atoms with van der Waals surface area (Å²) in [6, 6.07) is 21.2. The lowest BCUT2D eigenvalue weighted by Crippen LogP contribution is -2.30. The zero-order chi connectivity index (χ0) is 26.1. The molecule has 0 aliphatic carbocycles. The Kier molecular flexibility index (Phi) is 6.33.